The monoisotopic (exact) mass is 330 g/mol. The quantitative estimate of drug-likeness (QED) is 0.329. The zero-order valence-corrected chi connectivity index (χ0v) is 15.8. The average Bonchev–Trinajstić information content (AvgIpc) is 2.28. The fraction of sp³-hybridized carbons (Fsp3) is 1.00. The maximum Gasteiger partial charge on any atom is 0.472 e. The van der Waals surface area contributed by atoms with Crippen LogP contribution in [0.25, 0.3) is 0 Å². The number of phosphoric acid groups is 1. The van der Waals surface area contributed by atoms with Gasteiger partial charge in [0, 0.05) is 19.5 Å². The van der Waals surface area contributed by atoms with E-state index in [0.29, 0.717) is 13.2 Å². The third-order valence-electron chi connectivity index (χ3n) is 2.50. The summed E-state index contributed by atoms with van der Waals surface area (Å²) in [4.78, 5) is 9.34. The molecule has 0 aromatic heterocycles. The molecule has 0 aromatic carbocycles. The fourth-order valence-corrected chi connectivity index (χ4v) is 2.25. The first-order chi connectivity index (χ1) is 8.12. The summed E-state index contributed by atoms with van der Waals surface area (Å²) < 4.78 is 21.1. The van der Waals surface area contributed by atoms with Crippen molar-refractivity contribution in [1.82, 2.24) is 0 Å². The van der Waals surface area contributed by atoms with Crippen molar-refractivity contribution in [2.75, 3.05) is 13.2 Å². The first-order valence-corrected chi connectivity index (χ1v) is 8.23. The molecular formula is C12H27O4PZn. The summed E-state index contributed by atoms with van der Waals surface area (Å²) in [5.74, 6) is 0. The van der Waals surface area contributed by atoms with E-state index >= 15 is 0 Å². The average molecular weight is 332 g/mol. The Morgan fingerprint density at radius 3 is 1.56 bits per heavy atom. The molecule has 0 fully saturated rings. The van der Waals surface area contributed by atoms with E-state index < -0.39 is 7.82 Å². The minimum atomic E-state index is -3.79. The molecule has 0 saturated heterocycles. The zero-order valence-electron chi connectivity index (χ0n) is 11.9. The Hall–Kier alpha value is 0.733. The molecule has 0 saturated carbocycles. The van der Waals surface area contributed by atoms with Crippen LogP contribution in [0.1, 0.15) is 65.2 Å². The smallest absolute Gasteiger partial charge is 0.302 e. The molecule has 6 heteroatoms. The number of phosphoric ester groups is 1. The van der Waals surface area contributed by atoms with Gasteiger partial charge in [0.25, 0.3) is 0 Å². The molecule has 0 atom stereocenters. The van der Waals surface area contributed by atoms with E-state index in [1.165, 1.54) is 0 Å². The normalized spacial score (nSPS) is 11.3. The first-order valence-electron chi connectivity index (χ1n) is 6.74. The Morgan fingerprint density at radius 2 is 1.22 bits per heavy atom. The van der Waals surface area contributed by atoms with Gasteiger partial charge in [-0.3, -0.25) is 9.05 Å². The second-order valence-corrected chi connectivity index (χ2v) is 5.71. The minimum Gasteiger partial charge on any atom is -0.302 e. The predicted molar refractivity (Wildman–Crippen MR) is 70.0 cm³/mol. The molecule has 0 aliphatic heterocycles. The number of rotatable bonds is 12. The molecule has 0 radical (unpaired) electrons. The first kappa shape index (κ1) is 21.0. The van der Waals surface area contributed by atoms with Crippen molar-refractivity contribution in [2.45, 2.75) is 65.2 Å². The second kappa shape index (κ2) is 14.1. The largest absolute Gasteiger partial charge is 0.472 e. The molecule has 0 heterocycles. The Labute approximate surface area is 124 Å². The van der Waals surface area contributed by atoms with Crippen LogP contribution in [0, 0.1) is 0 Å². The predicted octanol–water partition coefficient (Wildman–Crippen LogP) is 4.28. The molecule has 0 amide bonds. The molecule has 0 aromatic rings. The van der Waals surface area contributed by atoms with Crippen molar-refractivity contribution in [3.63, 3.8) is 0 Å². The number of hydrogen-bond acceptors (Lipinski definition) is 3. The van der Waals surface area contributed by atoms with Gasteiger partial charge in [-0.15, -0.1) is 0 Å². The van der Waals surface area contributed by atoms with E-state index in [1.807, 2.05) is 0 Å². The number of unbranched alkanes of at least 4 members (excludes halogenated alkanes) is 6. The fourth-order valence-electron chi connectivity index (χ4n) is 1.45. The van der Waals surface area contributed by atoms with Gasteiger partial charge in [-0.1, -0.05) is 52.4 Å². The van der Waals surface area contributed by atoms with Gasteiger partial charge in [0.05, 0.1) is 13.2 Å². The summed E-state index contributed by atoms with van der Waals surface area (Å²) in [5, 5.41) is 0. The Balaban J connectivity index is 0. The van der Waals surface area contributed by atoms with E-state index in [-0.39, 0.29) is 19.5 Å². The van der Waals surface area contributed by atoms with Crippen LogP contribution in [0.3, 0.4) is 0 Å². The Morgan fingerprint density at radius 1 is 0.833 bits per heavy atom. The van der Waals surface area contributed by atoms with E-state index in [4.69, 9.17) is 9.05 Å². The summed E-state index contributed by atoms with van der Waals surface area (Å²) in [6.45, 7) is 4.86. The molecule has 0 aliphatic rings. The zero-order chi connectivity index (χ0) is 13.0. The van der Waals surface area contributed by atoms with E-state index in [0.717, 1.165) is 51.4 Å². The van der Waals surface area contributed by atoms with Gasteiger partial charge in [-0.05, 0) is 12.8 Å². The van der Waals surface area contributed by atoms with Crippen LogP contribution in [-0.2, 0) is 33.1 Å². The summed E-state index contributed by atoms with van der Waals surface area (Å²) in [5.41, 5.74) is 0. The third kappa shape index (κ3) is 14.8. The maximum atomic E-state index is 11.4. The summed E-state index contributed by atoms with van der Waals surface area (Å²) >= 11 is 0. The summed E-state index contributed by atoms with van der Waals surface area (Å²) in [7, 11) is -3.79. The second-order valence-electron chi connectivity index (χ2n) is 4.26. The standard InChI is InChI=1S/C12H27O4P.Zn/c1-3-5-7-9-11-15-17(13,14)16-12-10-8-6-4-2;/h3-12H2,1-2H3,(H,13,14);. The van der Waals surface area contributed by atoms with Crippen molar-refractivity contribution < 1.29 is 38.0 Å². The minimum absolute atomic E-state index is 0. The van der Waals surface area contributed by atoms with E-state index in [9.17, 15) is 9.46 Å². The van der Waals surface area contributed by atoms with Crippen LogP contribution in [0.2, 0.25) is 0 Å². The van der Waals surface area contributed by atoms with Gasteiger partial charge < -0.3 is 4.89 Å². The van der Waals surface area contributed by atoms with Crippen molar-refractivity contribution in [1.29, 1.82) is 0 Å². The molecule has 106 valence electrons. The number of hydrogen-bond donors (Lipinski definition) is 1. The van der Waals surface area contributed by atoms with Crippen LogP contribution in [0.5, 0.6) is 0 Å². The summed E-state index contributed by atoms with van der Waals surface area (Å²) in [6.07, 6.45) is 8.26. The van der Waals surface area contributed by atoms with Gasteiger partial charge in [-0.2, -0.15) is 0 Å². The van der Waals surface area contributed by atoms with Gasteiger partial charge in [-0.25, -0.2) is 4.57 Å². The Bertz CT molecular complexity index is 196. The van der Waals surface area contributed by atoms with Gasteiger partial charge in [0.1, 0.15) is 0 Å². The molecule has 0 rings (SSSR count). The van der Waals surface area contributed by atoms with Crippen molar-refractivity contribution in [3.05, 3.63) is 0 Å². The van der Waals surface area contributed by atoms with Crippen LogP contribution >= 0.6 is 7.82 Å². The molecule has 18 heavy (non-hydrogen) atoms. The topological polar surface area (TPSA) is 55.8 Å². The molecule has 0 bridgehead atoms. The third-order valence-corrected chi connectivity index (χ3v) is 3.52. The summed E-state index contributed by atoms with van der Waals surface area (Å²) in [6, 6.07) is 0. The Kier molecular flexibility index (Phi) is 16.5. The van der Waals surface area contributed by atoms with Gasteiger partial charge in [0.15, 0.2) is 0 Å². The van der Waals surface area contributed by atoms with Crippen molar-refractivity contribution >= 4 is 7.82 Å². The molecular weight excluding hydrogens is 304 g/mol. The molecule has 0 unspecified atom stereocenters. The van der Waals surface area contributed by atoms with E-state index in [1.54, 1.807) is 0 Å². The van der Waals surface area contributed by atoms with Crippen LogP contribution < -0.4 is 0 Å². The van der Waals surface area contributed by atoms with Crippen molar-refractivity contribution in [2.24, 2.45) is 0 Å². The molecule has 1 N–H and O–H groups in total. The van der Waals surface area contributed by atoms with Crippen LogP contribution in [-0.4, -0.2) is 18.1 Å². The van der Waals surface area contributed by atoms with Crippen LogP contribution in [0.15, 0.2) is 0 Å². The van der Waals surface area contributed by atoms with E-state index in [2.05, 4.69) is 13.8 Å². The molecule has 0 spiro atoms. The van der Waals surface area contributed by atoms with Gasteiger partial charge >= 0.3 is 7.82 Å². The van der Waals surface area contributed by atoms with Gasteiger partial charge in [0.2, 0.25) is 0 Å². The molecule has 4 nitrogen and oxygen atoms in total. The van der Waals surface area contributed by atoms with Crippen LogP contribution in [0.4, 0.5) is 0 Å². The maximum absolute atomic E-state index is 11.4. The SMILES string of the molecule is CCCCCCOP(=O)(O)OCCCCCC.[Zn]. The molecule has 0 aliphatic carbocycles. The van der Waals surface area contributed by atoms with Crippen molar-refractivity contribution in [3.8, 4) is 0 Å².